The van der Waals surface area contributed by atoms with E-state index in [0.717, 1.165) is 56.5 Å². The Morgan fingerprint density at radius 3 is 2.47 bits per heavy atom. The van der Waals surface area contributed by atoms with Crippen molar-refractivity contribution in [1.82, 2.24) is 29.9 Å². The highest BCUT2D eigenvalue weighted by molar-refractivity contribution is 7.22. The fourth-order valence-electron chi connectivity index (χ4n) is 8.57. The molecule has 4 saturated carbocycles. The molecule has 4 aliphatic rings. The number of nitrogens with one attached hydrogen (secondary N) is 2. The number of carbonyl (C=O) groups is 1. The summed E-state index contributed by atoms with van der Waals surface area (Å²) >= 11 is 1.57. The minimum Gasteiger partial charge on any atom is -0.476 e. The molecule has 4 bridgehead atoms. The number of rotatable bonds is 9. The number of hydrogen-bond acceptors (Lipinski definition) is 9. The zero-order chi connectivity index (χ0) is 30.7. The molecule has 0 unspecified atom stereocenters. The van der Waals surface area contributed by atoms with Crippen molar-refractivity contribution in [2.24, 2.45) is 23.2 Å². The second-order valence-corrected chi connectivity index (χ2v) is 14.5. The SMILES string of the molecule is Cc1cc(CNc2ccc(-c3cnn(CC45CC6CC(CC(C6)C4)C5)c3C)c(C(=O)O)n2)nnc1Nc1nc2ccccc2s1. The van der Waals surface area contributed by atoms with Crippen molar-refractivity contribution in [2.75, 3.05) is 10.6 Å². The minimum absolute atomic E-state index is 0.00935. The zero-order valence-corrected chi connectivity index (χ0v) is 26.3. The first kappa shape index (κ1) is 28.1. The Bertz CT molecular complexity index is 1860. The van der Waals surface area contributed by atoms with Gasteiger partial charge in [-0.3, -0.25) is 4.68 Å². The quantitative estimate of drug-likeness (QED) is 0.156. The van der Waals surface area contributed by atoms with E-state index in [1.54, 1.807) is 11.3 Å². The Morgan fingerprint density at radius 1 is 1.00 bits per heavy atom. The van der Waals surface area contributed by atoms with Crippen molar-refractivity contribution in [3.8, 4) is 11.1 Å². The molecule has 0 atom stereocenters. The van der Waals surface area contributed by atoms with Crippen LogP contribution in [0.15, 0.2) is 48.7 Å². The highest BCUT2D eigenvalue weighted by Gasteiger charge is 2.51. The topological polar surface area (TPSA) is 131 Å². The Balaban J connectivity index is 0.966. The Morgan fingerprint density at radius 2 is 1.76 bits per heavy atom. The summed E-state index contributed by atoms with van der Waals surface area (Å²) in [6.07, 6.45) is 9.98. The van der Waals surface area contributed by atoms with Gasteiger partial charge >= 0.3 is 5.97 Å². The summed E-state index contributed by atoms with van der Waals surface area (Å²) in [4.78, 5) is 21.5. The third kappa shape index (κ3) is 5.32. The van der Waals surface area contributed by atoms with E-state index in [9.17, 15) is 9.90 Å². The van der Waals surface area contributed by atoms with Gasteiger partial charge in [-0.2, -0.15) is 10.2 Å². The maximum Gasteiger partial charge on any atom is 0.355 e. The molecule has 11 heteroatoms. The average molecular weight is 621 g/mol. The van der Waals surface area contributed by atoms with Gasteiger partial charge in [0.25, 0.3) is 0 Å². The minimum atomic E-state index is -1.07. The lowest BCUT2D eigenvalue weighted by atomic mass is 9.49. The molecule has 0 amide bonds. The lowest BCUT2D eigenvalue weighted by Gasteiger charge is -2.56. The van der Waals surface area contributed by atoms with Crippen molar-refractivity contribution in [3.05, 3.63) is 71.3 Å². The van der Waals surface area contributed by atoms with Gasteiger partial charge in [0.1, 0.15) is 5.82 Å². The molecule has 5 aromatic rings. The number of benzene rings is 1. The smallest absolute Gasteiger partial charge is 0.355 e. The highest BCUT2D eigenvalue weighted by atomic mass is 32.1. The van der Waals surface area contributed by atoms with E-state index in [4.69, 9.17) is 5.10 Å². The van der Waals surface area contributed by atoms with E-state index in [1.807, 2.05) is 55.6 Å². The Hall–Kier alpha value is -4.38. The highest BCUT2D eigenvalue weighted by Crippen LogP contribution is 2.60. The van der Waals surface area contributed by atoms with Gasteiger partial charge in [0, 0.05) is 23.4 Å². The largest absolute Gasteiger partial charge is 0.476 e. The maximum absolute atomic E-state index is 12.4. The van der Waals surface area contributed by atoms with Crippen LogP contribution in [0.1, 0.15) is 66.0 Å². The molecular weight excluding hydrogens is 584 g/mol. The van der Waals surface area contributed by atoms with Gasteiger partial charge in [-0.05, 0) is 111 Å². The Labute approximate surface area is 265 Å². The van der Waals surface area contributed by atoms with E-state index in [2.05, 4.69) is 42.4 Å². The number of aromatic nitrogens is 6. The lowest BCUT2D eigenvalue weighted by molar-refractivity contribution is -0.0638. The van der Waals surface area contributed by atoms with Gasteiger partial charge in [-0.15, -0.1) is 5.10 Å². The van der Waals surface area contributed by atoms with E-state index in [1.165, 1.54) is 38.5 Å². The molecule has 4 aliphatic carbocycles. The molecule has 0 aliphatic heterocycles. The number of nitrogens with zero attached hydrogens (tertiary/aromatic N) is 6. The number of aryl methyl sites for hydroxylation is 1. The summed E-state index contributed by atoms with van der Waals surface area (Å²) in [5.41, 5.74) is 5.35. The van der Waals surface area contributed by atoms with Crippen LogP contribution >= 0.6 is 11.3 Å². The second-order valence-electron chi connectivity index (χ2n) is 13.4. The lowest BCUT2D eigenvalue weighted by Crippen LogP contribution is -2.48. The molecule has 0 radical (unpaired) electrons. The molecule has 230 valence electrons. The van der Waals surface area contributed by atoms with Crippen molar-refractivity contribution in [2.45, 2.75) is 65.5 Å². The number of fused-ring (bicyclic) bond motifs is 1. The van der Waals surface area contributed by atoms with Crippen LogP contribution < -0.4 is 10.6 Å². The van der Waals surface area contributed by atoms with Gasteiger partial charge < -0.3 is 15.7 Å². The monoisotopic (exact) mass is 620 g/mol. The standard InChI is InChI=1S/C34H36N8O2S/c1-19-9-24(40-41-31(19)39-33-37-27-5-3-4-6-28(27)45-33)16-35-29-8-7-25(30(38-29)32(43)44)26-17-36-42(20(26)2)18-34-13-21-10-22(14-34)12-23(11-21)15-34/h3-9,17,21-23H,10-16,18H2,1-2H3,(H,35,38)(H,43,44)(H,37,39,41). The first-order valence-corrected chi connectivity index (χ1v) is 16.6. The first-order chi connectivity index (χ1) is 21.8. The van der Waals surface area contributed by atoms with Gasteiger partial charge in [0.2, 0.25) is 0 Å². The summed E-state index contributed by atoms with van der Waals surface area (Å²) in [7, 11) is 0. The van der Waals surface area contributed by atoms with E-state index in [-0.39, 0.29) is 5.69 Å². The van der Waals surface area contributed by atoms with E-state index < -0.39 is 5.97 Å². The molecule has 0 spiro atoms. The predicted octanol–water partition coefficient (Wildman–Crippen LogP) is 7.23. The van der Waals surface area contributed by atoms with Crippen LogP contribution in [0.4, 0.5) is 16.8 Å². The fourth-order valence-corrected chi connectivity index (χ4v) is 9.43. The number of thiazole rings is 1. The van der Waals surface area contributed by atoms with Gasteiger partial charge in [0.15, 0.2) is 16.6 Å². The van der Waals surface area contributed by atoms with Crippen molar-refractivity contribution < 1.29 is 9.90 Å². The molecular formula is C34H36N8O2S. The molecule has 45 heavy (non-hydrogen) atoms. The van der Waals surface area contributed by atoms with Gasteiger partial charge in [-0.1, -0.05) is 23.5 Å². The number of anilines is 3. The first-order valence-electron chi connectivity index (χ1n) is 15.8. The average Bonchev–Trinajstić information content (AvgIpc) is 3.58. The number of para-hydroxylation sites is 1. The summed E-state index contributed by atoms with van der Waals surface area (Å²) in [5, 5.41) is 30.9. The van der Waals surface area contributed by atoms with Gasteiger partial charge in [0.05, 0.1) is 28.7 Å². The van der Waals surface area contributed by atoms with E-state index in [0.29, 0.717) is 34.9 Å². The third-order valence-corrected chi connectivity index (χ3v) is 11.1. The van der Waals surface area contributed by atoms with Gasteiger partial charge in [-0.25, -0.2) is 14.8 Å². The van der Waals surface area contributed by atoms with Crippen LogP contribution in [-0.2, 0) is 13.1 Å². The number of aromatic carboxylic acids is 1. The van der Waals surface area contributed by atoms with Crippen LogP contribution in [0.25, 0.3) is 21.3 Å². The zero-order valence-electron chi connectivity index (χ0n) is 25.5. The van der Waals surface area contributed by atoms with Crippen LogP contribution in [0.5, 0.6) is 0 Å². The molecule has 4 heterocycles. The summed E-state index contributed by atoms with van der Waals surface area (Å²) in [6, 6.07) is 13.6. The van der Waals surface area contributed by atoms with Crippen molar-refractivity contribution in [3.63, 3.8) is 0 Å². The normalized spacial score (nSPS) is 23.5. The van der Waals surface area contributed by atoms with Crippen molar-refractivity contribution >= 4 is 44.3 Å². The molecule has 4 fully saturated rings. The maximum atomic E-state index is 12.4. The fraction of sp³-hybridized carbons (Fsp3) is 0.412. The summed E-state index contributed by atoms with van der Waals surface area (Å²) in [6.45, 7) is 5.29. The second kappa shape index (κ2) is 10.9. The van der Waals surface area contributed by atoms with Crippen molar-refractivity contribution in [1.29, 1.82) is 0 Å². The summed E-state index contributed by atoms with van der Waals surface area (Å²) in [5.74, 6) is 2.68. The molecule has 9 rings (SSSR count). The molecule has 10 nitrogen and oxygen atoms in total. The number of pyridine rings is 1. The number of carboxylic acid groups (broad SMARTS) is 1. The number of hydrogen-bond donors (Lipinski definition) is 3. The van der Waals surface area contributed by atoms with E-state index >= 15 is 0 Å². The molecule has 3 N–H and O–H groups in total. The molecule has 0 saturated heterocycles. The molecule has 1 aromatic carbocycles. The van der Waals surface area contributed by atoms with Crippen LogP contribution in [-0.4, -0.2) is 41.0 Å². The number of carboxylic acids is 1. The van der Waals surface area contributed by atoms with Crippen LogP contribution in [0, 0.1) is 37.0 Å². The Kier molecular flexibility index (Phi) is 6.81. The third-order valence-electron chi connectivity index (χ3n) is 10.1. The predicted molar refractivity (Wildman–Crippen MR) is 175 cm³/mol. The van der Waals surface area contributed by atoms with Crippen LogP contribution in [0.2, 0.25) is 0 Å². The summed E-state index contributed by atoms with van der Waals surface area (Å²) < 4.78 is 3.23. The molecule has 4 aromatic heterocycles. The van der Waals surface area contributed by atoms with Crippen LogP contribution in [0.3, 0.4) is 0 Å².